The summed E-state index contributed by atoms with van der Waals surface area (Å²) in [6, 6.07) is 11.5. The van der Waals surface area contributed by atoms with Gasteiger partial charge in [0.2, 0.25) is 0 Å². The van der Waals surface area contributed by atoms with Crippen LogP contribution in [0.5, 0.6) is 5.75 Å². The second-order valence-corrected chi connectivity index (χ2v) is 10.6. The highest BCUT2D eigenvalue weighted by molar-refractivity contribution is 7.92. The van der Waals surface area contributed by atoms with Gasteiger partial charge in [-0.1, -0.05) is 6.07 Å². The minimum Gasteiger partial charge on any atom is -0.497 e. The van der Waals surface area contributed by atoms with Gasteiger partial charge >= 0.3 is 6.18 Å². The quantitative estimate of drug-likeness (QED) is 0.495. The van der Waals surface area contributed by atoms with Crippen molar-refractivity contribution in [2.45, 2.75) is 29.2 Å². The first kappa shape index (κ1) is 22.6. The summed E-state index contributed by atoms with van der Waals surface area (Å²) in [6.07, 6.45) is -3.92. The third-order valence-electron chi connectivity index (χ3n) is 5.52. The van der Waals surface area contributed by atoms with Gasteiger partial charge < -0.3 is 9.64 Å². The number of aromatic nitrogens is 1. The molecular formula is C22H21F3N2O3S2. The number of halogens is 3. The summed E-state index contributed by atoms with van der Waals surface area (Å²) < 4.78 is 70.0. The number of ether oxygens (including phenoxy) is 1. The molecule has 2 heterocycles. The molecule has 0 N–H and O–H groups in total. The maximum atomic E-state index is 13.0. The van der Waals surface area contributed by atoms with Crippen molar-refractivity contribution in [1.82, 2.24) is 4.98 Å². The number of rotatable bonds is 5. The molecule has 0 amide bonds. The molecule has 32 heavy (non-hydrogen) atoms. The van der Waals surface area contributed by atoms with Gasteiger partial charge in [-0.15, -0.1) is 11.3 Å². The van der Waals surface area contributed by atoms with E-state index in [0.29, 0.717) is 25.9 Å². The SMILES string of the molecule is COc1ccc(-c2csc(N3CCC(S(=O)(=O)c4cccc(C(F)(F)F)c4)CC3)n2)cc1. The lowest BCUT2D eigenvalue weighted by molar-refractivity contribution is -0.137. The lowest BCUT2D eigenvalue weighted by atomic mass is 10.1. The Morgan fingerprint density at radius 1 is 1.09 bits per heavy atom. The van der Waals surface area contributed by atoms with Crippen molar-refractivity contribution in [2.75, 3.05) is 25.1 Å². The Morgan fingerprint density at radius 3 is 2.41 bits per heavy atom. The molecule has 0 unspecified atom stereocenters. The minimum atomic E-state index is -4.58. The molecule has 1 aliphatic rings. The summed E-state index contributed by atoms with van der Waals surface area (Å²) in [6.45, 7) is 0.941. The Kier molecular flexibility index (Phi) is 6.17. The van der Waals surface area contributed by atoms with Crippen LogP contribution in [0.4, 0.5) is 18.3 Å². The Bertz CT molecular complexity index is 1180. The molecule has 0 saturated carbocycles. The van der Waals surface area contributed by atoms with E-state index in [1.165, 1.54) is 17.4 Å². The van der Waals surface area contributed by atoms with Crippen molar-refractivity contribution >= 4 is 26.3 Å². The molecule has 1 saturated heterocycles. The van der Waals surface area contributed by atoms with Crippen molar-refractivity contribution in [3.05, 3.63) is 59.5 Å². The number of methoxy groups -OCH3 is 1. The Labute approximate surface area is 188 Å². The molecule has 2 aromatic carbocycles. The highest BCUT2D eigenvalue weighted by Gasteiger charge is 2.35. The fraction of sp³-hybridized carbons (Fsp3) is 0.318. The summed E-state index contributed by atoms with van der Waals surface area (Å²) in [5.41, 5.74) is 0.825. The predicted octanol–water partition coefficient (Wildman–Crippen LogP) is 5.28. The third kappa shape index (κ3) is 4.61. The molecule has 1 fully saturated rings. The summed E-state index contributed by atoms with van der Waals surface area (Å²) in [7, 11) is -2.25. The minimum absolute atomic E-state index is 0.276. The van der Waals surface area contributed by atoms with Crippen LogP contribution in [0.25, 0.3) is 11.3 Å². The zero-order chi connectivity index (χ0) is 22.9. The zero-order valence-corrected chi connectivity index (χ0v) is 18.8. The van der Waals surface area contributed by atoms with Crippen LogP contribution in [0.15, 0.2) is 58.8 Å². The summed E-state index contributed by atoms with van der Waals surface area (Å²) in [5.74, 6) is 0.758. The van der Waals surface area contributed by atoms with E-state index >= 15 is 0 Å². The second kappa shape index (κ2) is 8.74. The maximum Gasteiger partial charge on any atom is 0.416 e. The predicted molar refractivity (Wildman–Crippen MR) is 118 cm³/mol. The highest BCUT2D eigenvalue weighted by atomic mass is 32.2. The smallest absolute Gasteiger partial charge is 0.416 e. The molecule has 0 spiro atoms. The van der Waals surface area contributed by atoms with Gasteiger partial charge in [0.25, 0.3) is 0 Å². The number of alkyl halides is 3. The number of anilines is 1. The fourth-order valence-electron chi connectivity index (χ4n) is 3.70. The van der Waals surface area contributed by atoms with Crippen LogP contribution < -0.4 is 9.64 Å². The Hall–Kier alpha value is -2.59. The monoisotopic (exact) mass is 482 g/mol. The average molecular weight is 483 g/mol. The first-order valence-corrected chi connectivity index (χ1v) is 12.4. The van der Waals surface area contributed by atoms with Crippen LogP contribution in [-0.4, -0.2) is 38.9 Å². The highest BCUT2D eigenvalue weighted by Crippen LogP contribution is 2.34. The molecule has 0 radical (unpaired) electrons. The van der Waals surface area contributed by atoms with E-state index in [1.54, 1.807) is 7.11 Å². The summed E-state index contributed by atoms with van der Waals surface area (Å²) in [4.78, 5) is 6.42. The topological polar surface area (TPSA) is 59.5 Å². The lowest BCUT2D eigenvalue weighted by Crippen LogP contribution is -2.39. The lowest BCUT2D eigenvalue weighted by Gasteiger charge is -2.31. The first-order valence-electron chi connectivity index (χ1n) is 9.94. The zero-order valence-electron chi connectivity index (χ0n) is 17.2. The van der Waals surface area contributed by atoms with Gasteiger partial charge in [-0.25, -0.2) is 13.4 Å². The first-order chi connectivity index (χ1) is 15.2. The van der Waals surface area contributed by atoms with E-state index in [2.05, 4.69) is 4.98 Å². The van der Waals surface area contributed by atoms with E-state index in [-0.39, 0.29) is 4.90 Å². The molecular weight excluding hydrogens is 461 g/mol. The molecule has 1 aliphatic heterocycles. The van der Waals surface area contributed by atoms with Gasteiger partial charge in [0.05, 0.1) is 28.5 Å². The molecule has 1 aromatic heterocycles. The summed E-state index contributed by atoms with van der Waals surface area (Å²) in [5, 5.41) is 2.02. The standard InChI is InChI=1S/C22H21F3N2O3S2/c1-30-17-7-5-15(6-8-17)20-14-31-21(26-20)27-11-9-18(10-12-27)32(28,29)19-4-2-3-16(13-19)22(23,24)25/h2-8,13-14,18H,9-12H2,1H3. The van der Waals surface area contributed by atoms with Crippen molar-refractivity contribution in [2.24, 2.45) is 0 Å². The Balaban J connectivity index is 1.45. The van der Waals surface area contributed by atoms with Crippen molar-refractivity contribution < 1.29 is 26.3 Å². The number of piperidine rings is 1. The molecule has 0 atom stereocenters. The van der Waals surface area contributed by atoms with Gasteiger partial charge in [-0.05, 0) is 55.3 Å². The van der Waals surface area contributed by atoms with Gasteiger partial charge in [-0.3, -0.25) is 0 Å². The van der Waals surface area contributed by atoms with E-state index < -0.39 is 26.8 Å². The number of thiazole rings is 1. The second-order valence-electron chi connectivity index (χ2n) is 7.50. The van der Waals surface area contributed by atoms with E-state index in [1.807, 2.05) is 34.5 Å². The van der Waals surface area contributed by atoms with E-state index in [9.17, 15) is 21.6 Å². The van der Waals surface area contributed by atoms with E-state index in [0.717, 1.165) is 40.3 Å². The Morgan fingerprint density at radius 2 is 1.78 bits per heavy atom. The van der Waals surface area contributed by atoms with Crippen LogP contribution in [0.3, 0.4) is 0 Å². The average Bonchev–Trinajstić information content (AvgIpc) is 3.29. The van der Waals surface area contributed by atoms with Gasteiger partial charge in [-0.2, -0.15) is 13.2 Å². The van der Waals surface area contributed by atoms with Crippen LogP contribution in [-0.2, 0) is 16.0 Å². The van der Waals surface area contributed by atoms with Crippen molar-refractivity contribution in [1.29, 1.82) is 0 Å². The molecule has 170 valence electrons. The summed E-state index contributed by atoms with van der Waals surface area (Å²) >= 11 is 1.48. The van der Waals surface area contributed by atoms with Crippen LogP contribution >= 0.6 is 11.3 Å². The molecule has 5 nitrogen and oxygen atoms in total. The van der Waals surface area contributed by atoms with Gasteiger partial charge in [0, 0.05) is 24.0 Å². The number of nitrogens with zero attached hydrogens (tertiary/aromatic N) is 2. The normalized spacial score (nSPS) is 15.7. The number of benzene rings is 2. The van der Waals surface area contributed by atoms with Crippen molar-refractivity contribution in [3.63, 3.8) is 0 Å². The number of sulfone groups is 1. The van der Waals surface area contributed by atoms with Crippen molar-refractivity contribution in [3.8, 4) is 17.0 Å². The van der Waals surface area contributed by atoms with Crippen LogP contribution in [0, 0.1) is 0 Å². The fourth-order valence-corrected chi connectivity index (χ4v) is 6.37. The molecule has 0 bridgehead atoms. The molecule has 4 rings (SSSR count). The molecule has 3 aromatic rings. The van der Waals surface area contributed by atoms with Gasteiger partial charge in [0.1, 0.15) is 5.75 Å². The number of hydrogen-bond acceptors (Lipinski definition) is 6. The van der Waals surface area contributed by atoms with Crippen LogP contribution in [0.1, 0.15) is 18.4 Å². The third-order valence-corrected chi connectivity index (χ3v) is 8.68. The van der Waals surface area contributed by atoms with Gasteiger partial charge in [0.15, 0.2) is 15.0 Å². The molecule has 0 aliphatic carbocycles. The maximum absolute atomic E-state index is 13.0. The van der Waals surface area contributed by atoms with Crippen LogP contribution in [0.2, 0.25) is 0 Å². The largest absolute Gasteiger partial charge is 0.497 e. The number of hydrogen-bond donors (Lipinski definition) is 0. The van der Waals surface area contributed by atoms with E-state index in [4.69, 9.17) is 4.74 Å². The molecule has 10 heteroatoms.